The van der Waals surface area contributed by atoms with Crippen LogP contribution in [0.1, 0.15) is 40.5 Å². The van der Waals surface area contributed by atoms with Gasteiger partial charge in [-0.2, -0.15) is 0 Å². The molecule has 1 unspecified atom stereocenters. The van der Waals surface area contributed by atoms with Gasteiger partial charge in [0.15, 0.2) is 0 Å². The van der Waals surface area contributed by atoms with Gasteiger partial charge < -0.3 is 25.6 Å². The number of rotatable bonds is 0. The van der Waals surface area contributed by atoms with Crippen molar-refractivity contribution in [3.63, 3.8) is 0 Å². The van der Waals surface area contributed by atoms with E-state index in [1.165, 1.54) is 0 Å². The third-order valence-electron chi connectivity index (χ3n) is 2.56. The Bertz CT molecular complexity index is 388. The van der Waals surface area contributed by atoms with Crippen LogP contribution in [0.5, 0.6) is 0 Å². The lowest BCUT2D eigenvalue weighted by Gasteiger charge is -2.38. The van der Waals surface area contributed by atoms with Crippen molar-refractivity contribution in [2.24, 2.45) is 5.73 Å². The molecule has 122 valence electrons. The van der Waals surface area contributed by atoms with Crippen molar-refractivity contribution in [2.75, 3.05) is 13.1 Å². The molecular weight excluding hydrogens is 280 g/mol. The van der Waals surface area contributed by atoms with Gasteiger partial charge in [0.25, 0.3) is 0 Å². The molecule has 1 aliphatic heterocycles. The molecule has 1 fully saturated rings. The van der Waals surface area contributed by atoms with Crippen LogP contribution in [0, 0.1) is 0 Å². The van der Waals surface area contributed by atoms with E-state index >= 15 is 0 Å². The van der Waals surface area contributed by atoms with Gasteiger partial charge in [-0.15, -0.1) is 0 Å². The van der Waals surface area contributed by atoms with Gasteiger partial charge in [0.2, 0.25) is 0 Å². The quantitative estimate of drug-likeness (QED) is 0.566. The first-order valence-electron chi connectivity index (χ1n) is 6.57. The summed E-state index contributed by atoms with van der Waals surface area (Å²) in [6, 6.07) is 0. The molecule has 1 atom stereocenters. The van der Waals surface area contributed by atoms with Gasteiger partial charge in [0, 0.05) is 18.6 Å². The number of hydrogen-bond donors (Lipinski definition) is 3. The summed E-state index contributed by atoms with van der Waals surface area (Å²) in [6.45, 7) is 8.93. The fourth-order valence-electron chi connectivity index (χ4n) is 1.75. The van der Waals surface area contributed by atoms with Crippen LogP contribution in [0.25, 0.3) is 0 Å². The Labute approximate surface area is 123 Å². The van der Waals surface area contributed by atoms with Crippen LogP contribution >= 0.6 is 0 Å². The molecule has 0 aromatic heterocycles. The number of hydrogen-bond acceptors (Lipinski definition) is 5. The normalized spacial score (nSPS) is 21.9. The average Bonchev–Trinajstić information content (AvgIpc) is 2.25. The molecule has 1 aliphatic rings. The first kappa shape index (κ1) is 19.2. The Morgan fingerprint density at radius 3 is 2.00 bits per heavy atom. The summed E-state index contributed by atoms with van der Waals surface area (Å²) in [5.41, 5.74) is 5.32. The highest BCUT2D eigenvalue weighted by atomic mass is 16.6. The third kappa shape index (κ3) is 8.85. The van der Waals surface area contributed by atoms with Crippen LogP contribution in [0.4, 0.5) is 4.79 Å². The number of nitrogens with zero attached hydrogens (tertiary/aromatic N) is 1. The molecule has 4 N–H and O–H groups in total. The van der Waals surface area contributed by atoms with E-state index in [4.69, 9.17) is 30.3 Å². The maximum atomic E-state index is 11.7. The Kier molecular flexibility index (Phi) is 6.62. The van der Waals surface area contributed by atoms with Gasteiger partial charge in [-0.25, -0.2) is 14.4 Å². The van der Waals surface area contributed by atoms with Gasteiger partial charge in [0.1, 0.15) is 5.60 Å². The Morgan fingerprint density at radius 1 is 1.19 bits per heavy atom. The van der Waals surface area contributed by atoms with Gasteiger partial charge in [0.05, 0.1) is 0 Å². The summed E-state index contributed by atoms with van der Waals surface area (Å²) in [5.74, 6) is -3.65. The molecule has 21 heavy (non-hydrogen) atoms. The summed E-state index contributed by atoms with van der Waals surface area (Å²) in [5, 5.41) is 14.8. The first-order valence-corrected chi connectivity index (χ1v) is 6.57. The largest absolute Gasteiger partial charge is 0.473 e. The average molecular weight is 304 g/mol. The molecule has 1 rings (SSSR count). The summed E-state index contributed by atoms with van der Waals surface area (Å²) in [6.07, 6.45) is 1.66. The summed E-state index contributed by atoms with van der Waals surface area (Å²) in [7, 11) is 0. The van der Waals surface area contributed by atoms with Crippen molar-refractivity contribution in [3.8, 4) is 0 Å². The fourth-order valence-corrected chi connectivity index (χ4v) is 1.75. The maximum Gasteiger partial charge on any atom is 0.414 e. The lowest BCUT2D eigenvalue weighted by molar-refractivity contribution is -0.159. The van der Waals surface area contributed by atoms with Gasteiger partial charge >= 0.3 is 18.0 Å². The van der Waals surface area contributed by atoms with E-state index < -0.39 is 17.5 Å². The SMILES string of the molecule is CC1(N)CCCN(C(=O)OC(C)(C)C)C1.O=C(O)C(=O)O. The highest BCUT2D eigenvalue weighted by Crippen LogP contribution is 2.20. The lowest BCUT2D eigenvalue weighted by Crippen LogP contribution is -2.54. The van der Waals surface area contributed by atoms with Gasteiger partial charge in [-0.3, -0.25) is 0 Å². The molecule has 0 bridgehead atoms. The monoisotopic (exact) mass is 304 g/mol. The van der Waals surface area contributed by atoms with Crippen molar-refractivity contribution < 1.29 is 29.3 Å². The molecular formula is C13H24N2O6. The second-order valence-electron chi connectivity index (χ2n) is 6.27. The van der Waals surface area contributed by atoms with Crippen LogP contribution in [0.15, 0.2) is 0 Å². The molecule has 0 aliphatic carbocycles. The number of nitrogens with two attached hydrogens (primary N) is 1. The predicted molar refractivity (Wildman–Crippen MR) is 74.9 cm³/mol. The minimum absolute atomic E-state index is 0.251. The molecule has 1 amide bonds. The smallest absolute Gasteiger partial charge is 0.414 e. The van der Waals surface area contributed by atoms with Gasteiger partial charge in [-0.1, -0.05) is 0 Å². The predicted octanol–water partition coefficient (Wildman–Crippen LogP) is 0.890. The molecule has 0 aromatic rings. The molecule has 0 radical (unpaired) electrons. The highest BCUT2D eigenvalue weighted by molar-refractivity contribution is 6.27. The standard InChI is InChI=1S/C11H22N2O2.C2H2O4/c1-10(2,3)15-9(14)13-7-5-6-11(4,12)8-13;3-1(4)2(5)6/h5-8,12H2,1-4H3;(H,3,4)(H,5,6). The van der Waals surface area contributed by atoms with E-state index in [1.807, 2.05) is 27.7 Å². The van der Waals surface area contributed by atoms with Crippen LogP contribution < -0.4 is 5.73 Å². The third-order valence-corrected chi connectivity index (χ3v) is 2.56. The zero-order valence-electron chi connectivity index (χ0n) is 12.9. The minimum atomic E-state index is -1.82. The zero-order chi connectivity index (χ0) is 16.8. The zero-order valence-corrected chi connectivity index (χ0v) is 12.9. The van der Waals surface area contributed by atoms with Crippen LogP contribution in [0.2, 0.25) is 0 Å². The molecule has 1 heterocycles. The van der Waals surface area contributed by atoms with E-state index in [0.717, 1.165) is 19.4 Å². The van der Waals surface area contributed by atoms with E-state index in [0.29, 0.717) is 6.54 Å². The number of carboxylic acids is 2. The number of carboxylic acid groups (broad SMARTS) is 2. The summed E-state index contributed by atoms with van der Waals surface area (Å²) in [4.78, 5) is 31.7. The molecule has 1 saturated heterocycles. The second-order valence-corrected chi connectivity index (χ2v) is 6.27. The Morgan fingerprint density at radius 2 is 1.67 bits per heavy atom. The van der Waals surface area contributed by atoms with Crippen molar-refractivity contribution >= 4 is 18.0 Å². The number of ether oxygens (including phenoxy) is 1. The number of piperidine rings is 1. The van der Waals surface area contributed by atoms with Crippen molar-refractivity contribution in [1.29, 1.82) is 0 Å². The first-order chi connectivity index (χ1) is 9.34. The highest BCUT2D eigenvalue weighted by Gasteiger charge is 2.31. The summed E-state index contributed by atoms with van der Waals surface area (Å²) >= 11 is 0. The van der Waals surface area contributed by atoms with E-state index in [2.05, 4.69) is 0 Å². The number of amides is 1. The molecule has 8 nitrogen and oxygen atoms in total. The lowest BCUT2D eigenvalue weighted by atomic mass is 9.93. The molecule has 0 saturated carbocycles. The molecule has 8 heteroatoms. The van der Waals surface area contributed by atoms with Crippen LogP contribution in [-0.4, -0.2) is 57.4 Å². The second kappa shape index (κ2) is 7.26. The van der Waals surface area contributed by atoms with E-state index in [-0.39, 0.29) is 11.6 Å². The van der Waals surface area contributed by atoms with Crippen molar-refractivity contribution in [1.82, 2.24) is 4.90 Å². The van der Waals surface area contributed by atoms with Crippen molar-refractivity contribution in [3.05, 3.63) is 0 Å². The topological polar surface area (TPSA) is 130 Å². The Hall–Kier alpha value is -1.83. The molecule has 0 aromatic carbocycles. The number of carbonyl (C=O) groups is 3. The van der Waals surface area contributed by atoms with E-state index in [1.54, 1.807) is 4.90 Å². The summed E-state index contributed by atoms with van der Waals surface area (Å²) < 4.78 is 5.30. The Balaban J connectivity index is 0.000000567. The number of aliphatic carboxylic acids is 2. The maximum absolute atomic E-state index is 11.7. The van der Waals surface area contributed by atoms with E-state index in [9.17, 15) is 4.79 Å². The van der Waals surface area contributed by atoms with Gasteiger partial charge in [-0.05, 0) is 40.5 Å². The number of likely N-dealkylation sites (tertiary alicyclic amines) is 1. The van der Waals surface area contributed by atoms with Crippen LogP contribution in [-0.2, 0) is 14.3 Å². The minimum Gasteiger partial charge on any atom is -0.473 e. The fraction of sp³-hybridized carbons (Fsp3) is 0.769. The van der Waals surface area contributed by atoms with Crippen molar-refractivity contribution in [2.45, 2.75) is 51.7 Å². The van der Waals surface area contributed by atoms with Crippen LogP contribution in [0.3, 0.4) is 0 Å². The number of carbonyl (C=O) groups excluding carboxylic acids is 1. The molecule has 0 spiro atoms.